The van der Waals surface area contributed by atoms with Gasteiger partial charge in [-0.2, -0.15) is 0 Å². The van der Waals surface area contributed by atoms with Crippen molar-refractivity contribution in [2.24, 2.45) is 0 Å². The number of thioether (sulfide) groups is 1. The molecule has 0 bridgehead atoms. The van der Waals surface area contributed by atoms with E-state index in [1.165, 1.54) is 18.8 Å². The van der Waals surface area contributed by atoms with Gasteiger partial charge in [-0.1, -0.05) is 30.0 Å². The van der Waals surface area contributed by atoms with E-state index >= 15 is 0 Å². The number of hydrogen-bond donors (Lipinski definition) is 2. The maximum Gasteiger partial charge on any atom is 0.321 e. The molecule has 2 N–H and O–H groups in total. The van der Waals surface area contributed by atoms with E-state index in [2.05, 4.69) is 20.8 Å². The molecule has 0 aliphatic carbocycles. The van der Waals surface area contributed by atoms with E-state index in [9.17, 15) is 9.59 Å². The summed E-state index contributed by atoms with van der Waals surface area (Å²) in [5.74, 6) is -0.309. The zero-order valence-electron chi connectivity index (χ0n) is 11.7. The van der Waals surface area contributed by atoms with Crippen LogP contribution in [0.2, 0.25) is 0 Å². The van der Waals surface area contributed by atoms with Crippen LogP contribution in [0.3, 0.4) is 0 Å². The summed E-state index contributed by atoms with van der Waals surface area (Å²) in [7, 11) is 1.45. The fourth-order valence-electron chi connectivity index (χ4n) is 1.68. The number of nitrogens with one attached hydrogen (secondary N) is 2. The molecule has 1 aromatic heterocycles. The molecule has 8 heteroatoms. The Morgan fingerprint density at radius 3 is 2.81 bits per heavy atom. The predicted molar refractivity (Wildman–Crippen MR) is 79.4 cm³/mol. The molecule has 0 radical (unpaired) electrons. The highest BCUT2D eigenvalue weighted by Gasteiger charge is 2.12. The number of nitrogens with zero attached hydrogens (tertiary/aromatic N) is 3. The number of imide groups is 1. The van der Waals surface area contributed by atoms with Gasteiger partial charge in [0.25, 0.3) is 0 Å². The number of urea groups is 1. The van der Waals surface area contributed by atoms with Gasteiger partial charge < -0.3 is 5.32 Å². The van der Waals surface area contributed by atoms with Gasteiger partial charge in [0.15, 0.2) is 5.16 Å². The van der Waals surface area contributed by atoms with E-state index in [-0.39, 0.29) is 5.75 Å². The Hall–Kier alpha value is -2.35. The van der Waals surface area contributed by atoms with Gasteiger partial charge in [-0.05, 0) is 18.6 Å². The summed E-state index contributed by atoms with van der Waals surface area (Å²) in [5, 5.41) is 13.0. The Balaban J connectivity index is 2.06. The normalized spacial score (nSPS) is 10.2. The summed E-state index contributed by atoms with van der Waals surface area (Å²) in [6, 6.07) is 7.29. The zero-order chi connectivity index (χ0) is 15.2. The van der Waals surface area contributed by atoms with Crippen LogP contribution in [-0.4, -0.2) is 39.5 Å². The number of hydrogen-bond acceptors (Lipinski definition) is 5. The molecule has 0 saturated carbocycles. The fraction of sp³-hybridized carbons (Fsp3) is 0.231. The standard InChI is InChI=1S/C13H15N5O2S/c1-9-5-3-4-6-10(9)18-8-15-17-13(18)21-7-11(19)16-12(20)14-2/h3-6,8H,7H2,1-2H3,(H2,14,16,19,20). The van der Waals surface area contributed by atoms with Crippen molar-refractivity contribution in [1.29, 1.82) is 0 Å². The first-order valence-corrected chi connectivity index (χ1v) is 7.20. The van der Waals surface area contributed by atoms with Crippen LogP contribution in [0.15, 0.2) is 35.7 Å². The topological polar surface area (TPSA) is 88.9 Å². The second kappa shape index (κ2) is 6.89. The first kappa shape index (κ1) is 15.0. The molecule has 1 heterocycles. The molecule has 1 aromatic carbocycles. The van der Waals surface area contributed by atoms with E-state index in [1.807, 2.05) is 35.8 Å². The van der Waals surface area contributed by atoms with Crippen LogP contribution in [0.1, 0.15) is 5.56 Å². The van der Waals surface area contributed by atoms with Crippen molar-refractivity contribution in [3.8, 4) is 5.69 Å². The molecule has 0 atom stereocenters. The molecule has 110 valence electrons. The molecular weight excluding hydrogens is 290 g/mol. The van der Waals surface area contributed by atoms with E-state index in [4.69, 9.17) is 0 Å². The van der Waals surface area contributed by atoms with Crippen molar-refractivity contribution < 1.29 is 9.59 Å². The summed E-state index contributed by atoms with van der Waals surface area (Å²) in [4.78, 5) is 22.6. The Bertz CT molecular complexity index is 656. The molecule has 0 aliphatic heterocycles. The van der Waals surface area contributed by atoms with Crippen molar-refractivity contribution in [3.05, 3.63) is 36.2 Å². The minimum absolute atomic E-state index is 0.0813. The van der Waals surface area contributed by atoms with E-state index in [0.29, 0.717) is 5.16 Å². The Morgan fingerprint density at radius 1 is 1.33 bits per heavy atom. The zero-order valence-corrected chi connectivity index (χ0v) is 12.5. The summed E-state index contributed by atoms with van der Waals surface area (Å²) >= 11 is 1.22. The van der Waals surface area contributed by atoms with E-state index < -0.39 is 11.9 Å². The molecule has 3 amide bonds. The third-order valence-electron chi connectivity index (χ3n) is 2.70. The molecule has 2 rings (SSSR count). The number of carbonyl (C=O) groups is 2. The van der Waals surface area contributed by atoms with Crippen molar-refractivity contribution in [1.82, 2.24) is 25.4 Å². The first-order valence-electron chi connectivity index (χ1n) is 6.22. The predicted octanol–water partition coefficient (Wildman–Crippen LogP) is 1.12. The lowest BCUT2D eigenvalue weighted by atomic mass is 10.2. The monoisotopic (exact) mass is 305 g/mol. The molecular formula is C13H15N5O2S. The molecule has 7 nitrogen and oxygen atoms in total. The second-order valence-corrected chi connectivity index (χ2v) is 5.13. The van der Waals surface area contributed by atoms with E-state index in [1.54, 1.807) is 6.33 Å². The van der Waals surface area contributed by atoms with Crippen LogP contribution in [0.4, 0.5) is 4.79 Å². The van der Waals surface area contributed by atoms with Crippen LogP contribution in [0.25, 0.3) is 5.69 Å². The quantitative estimate of drug-likeness (QED) is 0.826. The van der Waals surface area contributed by atoms with Gasteiger partial charge in [0, 0.05) is 7.05 Å². The van der Waals surface area contributed by atoms with E-state index in [0.717, 1.165) is 11.3 Å². The third-order valence-corrected chi connectivity index (χ3v) is 3.65. The van der Waals surface area contributed by atoms with Gasteiger partial charge in [0.1, 0.15) is 6.33 Å². The number of carbonyl (C=O) groups excluding carboxylic acids is 2. The number of rotatable bonds is 4. The second-order valence-electron chi connectivity index (χ2n) is 4.19. The van der Waals surface area contributed by atoms with Gasteiger partial charge in [0.2, 0.25) is 5.91 Å². The summed E-state index contributed by atoms with van der Waals surface area (Å²) in [5.41, 5.74) is 2.03. The minimum Gasteiger partial charge on any atom is -0.341 e. The van der Waals surface area contributed by atoms with Crippen LogP contribution in [0.5, 0.6) is 0 Å². The van der Waals surface area contributed by atoms with Crippen LogP contribution < -0.4 is 10.6 Å². The molecule has 21 heavy (non-hydrogen) atoms. The average molecular weight is 305 g/mol. The van der Waals surface area contributed by atoms with Gasteiger partial charge >= 0.3 is 6.03 Å². The smallest absolute Gasteiger partial charge is 0.321 e. The van der Waals surface area contributed by atoms with Crippen LogP contribution in [-0.2, 0) is 4.79 Å². The Labute approximate surface area is 126 Å². The lowest BCUT2D eigenvalue weighted by Crippen LogP contribution is -2.38. The number of aryl methyl sites for hydroxylation is 1. The minimum atomic E-state index is -0.527. The largest absolute Gasteiger partial charge is 0.341 e. The maximum atomic E-state index is 11.6. The SMILES string of the molecule is CNC(=O)NC(=O)CSc1nncn1-c1ccccc1C. The molecule has 2 aromatic rings. The van der Waals surface area contributed by atoms with Crippen LogP contribution >= 0.6 is 11.8 Å². The number of aromatic nitrogens is 3. The molecule has 0 aliphatic rings. The number of para-hydroxylation sites is 1. The van der Waals surface area contributed by atoms with Gasteiger partial charge in [-0.15, -0.1) is 10.2 Å². The number of benzene rings is 1. The van der Waals surface area contributed by atoms with Crippen molar-refractivity contribution in [3.63, 3.8) is 0 Å². The Morgan fingerprint density at radius 2 is 2.10 bits per heavy atom. The summed E-state index contributed by atoms with van der Waals surface area (Å²) < 4.78 is 1.81. The lowest BCUT2D eigenvalue weighted by Gasteiger charge is -2.08. The van der Waals surface area contributed by atoms with Crippen molar-refractivity contribution in [2.75, 3.05) is 12.8 Å². The molecule has 0 unspecified atom stereocenters. The number of amides is 3. The van der Waals surface area contributed by atoms with Crippen molar-refractivity contribution >= 4 is 23.7 Å². The highest BCUT2D eigenvalue weighted by atomic mass is 32.2. The third kappa shape index (κ3) is 3.82. The van der Waals surface area contributed by atoms with Crippen LogP contribution in [0, 0.1) is 6.92 Å². The highest BCUT2D eigenvalue weighted by Crippen LogP contribution is 2.21. The Kier molecular flexibility index (Phi) is 4.94. The molecule has 0 fully saturated rings. The maximum absolute atomic E-state index is 11.6. The van der Waals surface area contributed by atoms with Crippen molar-refractivity contribution in [2.45, 2.75) is 12.1 Å². The average Bonchev–Trinajstić information content (AvgIpc) is 2.93. The highest BCUT2D eigenvalue weighted by molar-refractivity contribution is 7.99. The molecule has 0 spiro atoms. The van der Waals surface area contributed by atoms with Gasteiger partial charge in [-0.3, -0.25) is 14.7 Å². The van der Waals surface area contributed by atoms with Gasteiger partial charge in [-0.25, -0.2) is 4.79 Å². The lowest BCUT2D eigenvalue weighted by molar-refractivity contribution is -0.117. The fourth-order valence-corrected chi connectivity index (χ4v) is 2.40. The first-order chi connectivity index (χ1) is 10.1. The van der Waals surface area contributed by atoms with Gasteiger partial charge in [0.05, 0.1) is 11.4 Å². The summed E-state index contributed by atoms with van der Waals surface area (Å²) in [6.45, 7) is 1.99. The summed E-state index contributed by atoms with van der Waals surface area (Å²) in [6.07, 6.45) is 1.60. The molecule has 0 saturated heterocycles.